The van der Waals surface area contributed by atoms with Gasteiger partial charge >= 0.3 is 0 Å². The van der Waals surface area contributed by atoms with Gasteiger partial charge in [-0.15, -0.1) is 0 Å². The van der Waals surface area contributed by atoms with Crippen molar-refractivity contribution in [2.75, 3.05) is 41.4 Å². The van der Waals surface area contributed by atoms with E-state index in [1.807, 2.05) is 39.1 Å². The van der Waals surface area contributed by atoms with Gasteiger partial charge in [-0.3, -0.25) is 4.99 Å². The maximum atomic E-state index is 5.37. The van der Waals surface area contributed by atoms with Crippen LogP contribution in [0.15, 0.2) is 27.7 Å². The molecule has 0 unspecified atom stereocenters. The summed E-state index contributed by atoms with van der Waals surface area (Å²) in [6, 6.07) is 5.98. The van der Waals surface area contributed by atoms with Gasteiger partial charge in [-0.2, -0.15) is 4.98 Å². The minimum absolute atomic E-state index is 0.265. The van der Waals surface area contributed by atoms with Gasteiger partial charge in [-0.1, -0.05) is 25.1 Å². The van der Waals surface area contributed by atoms with E-state index >= 15 is 0 Å². The number of guanidine groups is 1. The average molecular weight is 390 g/mol. The van der Waals surface area contributed by atoms with E-state index < -0.39 is 0 Å². The molecular formula is C20H31N5O3. The van der Waals surface area contributed by atoms with Crippen LogP contribution in [-0.4, -0.2) is 62.4 Å². The average Bonchev–Trinajstić information content (AvgIpc) is 3.18. The first-order valence-corrected chi connectivity index (χ1v) is 9.43. The van der Waals surface area contributed by atoms with E-state index in [9.17, 15) is 0 Å². The lowest BCUT2D eigenvalue weighted by Gasteiger charge is -2.22. The fourth-order valence-corrected chi connectivity index (χ4v) is 2.71. The van der Waals surface area contributed by atoms with E-state index in [1.54, 1.807) is 21.3 Å². The largest absolute Gasteiger partial charge is 0.493 e. The van der Waals surface area contributed by atoms with Gasteiger partial charge in [0.15, 0.2) is 23.3 Å². The molecule has 2 rings (SSSR count). The summed E-state index contributed by atoms with van der Waals surface area (Å²) in [7, 11) is 7.07. The molecule has 1 aromatic carbocycles. The second-order valence-corrected chi connectivity index (χ2v) is 6.79. The zero-order valence-corrected chi connectivity index (χ0v) is 17.7. The molecule has 0 radical (unpaired) electrons. The van der Waals surface area contributed by atoms with Crippen molar-refractivity contribution in [3.8, 4) is 11.5 Å². The first kappa shape index (κ1) is 21.5. The van der Waals surface area contributed by atoms with Crippen LogP contribution in [0.5, 0.6) is 11.5 Å². The van der Waals surface area contributed by atoms with Gasteiger partial charge in [0.05, 0.1) is 14.2 Å². The van der Waals surface area contributed by atoms with E-state index in [0.717, 1.165) is 36.2 Å². The van der Waals surface area contributed by atoms with Crippen molar-refractivity contribution in [3.05, 3.63) is 35.5 Å². The van der Waals surface area contributed by atoms with Crippen LogP contribution in [-0.2, 0) is 12.8 Å². The quantitative estimate of drug-likeness (QED) is 0.521. The number of likely N-dealkylation sites (N-methyl/N-ethyl adjacent to an activating group) is 1. The summed E-state index contributed by atoms with van der Waals surface area (Å²) in [4.78, 5) is 10.8. The minimum atomic E-state index is 0.265. The molecule has 0 aliphatic rings. The molecule has 1 aromatic heterocycles. The van der Waals surface area contributed by atoms with Crippen LogP contribution in [0.2, 0.25) is 0 Å². The monoisotopic (exact) mass is 389 g/mol. The third-order valence-corrected chi connectivity index (χ3v) is 4.38. The second-order valence-electron chi connectivity index (χ2n) is 6.79. The van der Waals surface area contributed by atoms with Gasteiger partial charge in [-0.05, 0) is 24.1 Å². The van der Waals surface area contributed by atoms with E-state index in [4.69, 9.17) is 14.0 Å². The van der Waals surface area contributed by atoms with Crippen molar-refractivity contribution in [1.82, 2.24) is 20.4 Å². The first-order chi connectivity index (χ1) is 13.5. The summed E-state index contributed by atoms with van der Waals surface area (Å²) in [5, 5.41) is 7.32. The van der Waals surface area contributed by atoms with E-state index in [0.29, 0.717) is 18.9 Å². The molecule has 1 heterocycles. The summed E-state index contributed by atoms with van der Waals surface area (Å²) < 4.78 is 15.9. The van der Waals surface area contributed by atoms with E-state index in [1.165, 1.54) is 5.56 Å². The Morgan fingerprint density at radius 2 is 1.96 bits per heavy atom. The van der Waals surface area contributed by atoms with Gasteiger partial charge in [0.2, 0.25) is 5.89 Å². The molecule has 8 nitrogen and oxygen atoms in total. The normalized spacial score (nSPS) is 11.6. The Kier molecular flexibility index (Phi) is 8.10. The number of methoxy groups -OCH3 is 2. The molecule has 0 fully saturated rings. The summed E-state index contributed by atoms with van der Waals surface area (Å²) in [6.07, 6.45) is 1.52. The number of ether oxygens (including phenoxy) is 2. The molecule has 2 aromatic rings. The molecule has 0 aliphatic carbocycles. The summed E-state index contributed by atoms with van der Waals surface area (Å²) in [6.45, 7) is 5.57. The van der Waals surface area contributed by atoms with Crippen molar-refractivity contribution < 1.29 is 14.0 Å². The smallest absolute Gasteiger partial charge is 0.228 e. The third kappa shape index (κ3) is 5.87. The standard InChI is InChI=1S/C20H31N5O3/c1-14(2)19-23-18(28-24-19)9-11-22-20(21-3)25(4)12-10-15-7-8-16(26-5)17(13-15)27-6/h7-8,13-14H,9-12H2,1-6H3,(H,21,22). The molecule has 8 heteroatoms. The lowest BCUT2D eigenvalue weighted by atomic mass is 10.1. The van der Waals surface area contributed by atoms with Crippen LogP contribution in [0.1, 0.15) is 37.0 Å². The molecule has 1 N–H and O–H groups in total. The Labute approximate surface area is 166 Å². The SMILES string of the molecule is CN=C(NCCc1nc(C(C)C)no1)N(C)CCc1ccc(OC)c(OC)c1. The number of hydrogen-bond acceptors (Lipinski definition) is 6. The number of benzene rings is 1. The Morgan fingerprint density at radius 3 is 2.57 bits per heavy atom. The Balaban J connectivity index is 1.83. The van der Waals surface area contributed by atoms with Crippen molar-refractivity contribution >= 4 is 5.96 Å². The minimum Gasteiger partial charge on any atom is -0.493 e. The van der Waals surface area contributed by atoms with Crippen LogP contribution < -0.4 is 14.8 Å². The number of aromatic nitrogens is 2. The highest BCUT2D eigenvalue weighted by Gasteiger charge is 2.11. The van der Waals surface area contributed by atoms with Crippen LogP contribution in [0.25, 0.3) is 0 Å². The first-order valence-electron chi connectivity index (χ1n) is 9.43. The second kappa shape index (κ2) is 10.5. The van der Waals surface area contributed by atoms with Crippen molar-refractivity contribution in [2.45, 2.75) is 32.6 Å². The van der Waals surface area contributed by atoms with Gasteiger partial charge in [0.1, 0.15) is 0 Å². The van der Waals surface area contributed by atoms with Crippen LogP contribution in [0, 0.1) is 0 Å². The lowest BCUT2D eigenvalue weighted by molar-refractivity contribution is 0.354. The van der Waals surface area contributed by atoms with Crippen LogP contribution in [0.3, 0.4) is 0 Å². The molecule has 0 spiro atoms. The molecule has 28 heavy (non-hydrogen) atoms. The Bertz CT molecular complexity index is 773. The van der Waals surface area contributed by atoms with Gasteiger partial charge in [0, 0.05) is 39.5 Å². The Hall–Kier alpha value is -2.77. The number of nitrogens with one attached hydrogen (secondary N) is 1. The van der Waals surface area contributed by atoms with E-state index in [-0.39, 0.29) is 5.92 Å². The summed E-state index contributed by atoms with van der Waals surface area (Å²) >= 11 is 0. The summed E-state index contributed by atoms with van der Waals surface area (Å²) in [5.41, 5.74) is 1.17. The molecule has 0 atom stereocenters. The van der Waals surface area contributed by atoms with E-state index in [2.05, 4.69) is 25.3 Å². The number of hydrogen-bond donors (Lipinski definition) is 1. The number of aliphatic imine (C=N–C) groups is 1. The maximum Gasteiger partial charge on any atom is 0.228 e. The highest BCUT2D eigenvalue weighted by molar-refractivity contribution is 5.79. The molecule has 0 saturated heterocycles. The predicted molar refractivity (Wildman–Crippen MR) is 109 cm³/mol. The summed E-state index contributed by atoms with van der Waals surface area (Å²) in [5.74, 6) is 3.94. The molecule has 0 aliphatic heterocycles. The third-order valence-electron chi connectivity index (χ3n) is 4.38. The van der Waals surface area contributed by atoms with Gasteiger partial charge < -0.3 is 24.2 Å². The molecule has 0 amide bonds. The van der Waals surface area contributed by atoms with Gasteiger partial charge in [-0.25, -0.2) is 0 Å². The fourth-order valence-electron chi connectivity index (χ4n) is 2.71. The predicted octanol–water partition coefficient (Wildman–Crippen LogP) is 2.50. The molecule has 0 bridgehead atoms. The zero-order valence-electron chi connectivity index (χ0n) is 17.7. The zero-order chi connectivity index (χ0) is 20.5. The van der Waals surface area contributed by atoms with Crippen molar-refractivity contribution in [1.29, 1.82) is 0 Å². The molecular weight excluding hydrogens is 358 g/mol. The maximum absolute atomic E-state index is 5.37. The Morgan fingerprint density at radius 1 is 1.21 bits per heavy atom. The molecule has 154 valence electrons. The molecule has 0 saturated carbocycles. The van der Waals surface area contributed by atoms with Crippen molar-refractivity contribution in [3.63, 3.8) is 0 Å². The highest BCUT2D eigenvalue weighted by Crippen LogP contribution is 2.27. The van der Waals surface area contributed by atoms with Crippen molar-refractivity contribution in [2.24, 2.45) is 4.99 Å². The number of nitrogens with zero attached hydrogens (tertiary/aromatic N) is 4. The number of rotatable bonds is 9. The fraction of sp³-hybridized carbons (Fsp3) is 0.550. The van der Waals surface area contributed by atoms with Crippen LogP contribution >= 0.6 is 0 Å². The van der Waals surface area contributed by atoms with Gasteiger partial charge in [0.25, 0.3) is 0 Å². The van der Waals surface area contributed by atoms with Crippen LogP contribution in [0.4, 0.5) is 0 Å². The lowest BCUT2D eigenvalue weighted by Crippen LogP contribution is -2.40. The topological polar surface area (TPSA) is 85.0 Å². The highest BCUT2D eigenvalue weighted by atomic mass is 16.5.